The van der Waals surface area contributed by atoms with Gasteiger partial charge in [-0.25, -0.2) is 4.79 Å². The predicted octanol–water partition coefficient (Wildman–Crippen LogP) is 2.39. The van der Waals surface area contributed by atoms with Crippen LogP contribution in [0.3, 0.4) is 0 Å². The van der Waals surface area contributed by atoms with E-state index in [0.717, 1.165) is 16.6 Å². The number of carbonyl (C=O) groups is 3. The molecule has 0 radical (unpaired) electrons. The summed E-state index contributed by atoms with van der Waals surface area (Å²) in [5.41, 5.74) is 0.439. The lowest BCUT2D eigenvalue weighted by molar-refractivity contribution is -0.165. The number of aromatic nitrogens is 3. The summed E-state index contributed by atoms with van der Waals surface area (Å²) in [6, 6.07) is 10.2. The van der Waals surface area contributed by atoms with E-state index in [2.05, 4.69) is 10.2 Å². The SMILES string of the molecule is Cn1c(SCC(=O)ON2C(=O)c3ccccc3C2=O)nnc1-c1cccs1. The first kappa shape index (κ1) is 17.4. The van der Waals surface area contributed by atoms with E-state index in [4.69, 9.17) is 4.84 Å². The molecule has 0 saturated carbocycles. The van der Waals surface area contributed by atoms with Crippen LogP contribution in [-0.4, -0.2) is 43.4 Å². The Kier molecular flexibility index (Phi) is 4.50. The number of hydroxylamine groups is 2. The minimum Gasteiger partial charge on any atom is -0.329 e. The number of rotatable bonds is 5. The van der Waals surface area contributed by atoms with E-state index >= 15 is 0 Å². The summed E-state index contributed by atoms with van der Waals surface area (Å²) in [5.74, 6) is -1.44. The largest absolute Gasteiger partial charge is 0.343 e. The van der Waals surface area contributed by atoms with Gasteiger partial charge in [0, 0.05) is 7.05 Å². The lowest BCUT2D eigenvalue weighted by Crippen LogP contribution is -2.33. The van der Waals surface area contributed by atoms with Gasteiger partial charge >= 0.3 is 5.97 Å². The van der Waals surface area contributed by atoms with Crippen LogP contribution in [-0.2, 0) is 16.7 Å². The standard InChI is InChI=1S/C17H12N4O4S2/c1-20-14(12-7-4-8-26-12)18-19-17(20)27-9-13(22)25-21-15(23)10-5-2-3-6-11(10)16(21)24/h2-8H,9H2,1H3. The molecule has 8 nitrogen and oxygen atoms in total. The second kappa shape index (κ2) is 6.97. The molecule has 27 heavy (non-hydrogen) atoms. The first-order chi connectivity index (χ1) is 13.1. The van der Waals surface area contributed by atoms with Crippen LogP contribution in [0, 0.1) is 0 Å². The van der Waals surface area contributed by atoms with E-state index in [-0.39, 0.29) is 16.9 Å². The van der Waals surface area contributed by atoms with Crippen molar-refractivity contribution in [2.24, 2.45) is 7.05 Å². The van der Waals surface area contributed by atoms with Gasteiger partial charge in [0.15, 0.2) is 11.0 Å². The third kappa shape index (κ3) is 3.13. The van der Waals surface area contributed by atoms with Crippen molar-refractivity contribution in [1.82, 2.24) is 19.8 Å². The van der Waals surface area contributed by atoms with Crippen LogP contribution in [0.4, 0.5) is 0 Å². The monoisotopic (exact) mass is 400 g/mol. The van der Waals surface area contributed by atoms with E-state index in [1.54, 1.807) is 23.7 Å². The highest BCUT2D eigenvalue weighted by Crippen LogP contribution is 2.27. The zero-order valence-electron chi connectivity index (χ0n) is 14.0. The molecule has 3 heterocycles. The van der Waals surface area contributed by atoms with Crippen molar-refractivity contribution >= 4 is 40.9 Å². The molecule has 0 unspecified atom stereocenters. The lowest BCUT2D eigenvalue weighted by atomic mass is 10.1. The van der Waals surface area contributed by atoms with Crippen molar-refractivity contribution in [2.75, 3.05) is 5.75 Å². The molecule has 0 spiro atoms. The Morgan fingerprint density at radius 2 is 1.81 bits per heavy atom. The summed E-state index contributed by atoms with van der Waals surface area (Å²) in [4.78, 5) is 42.5. The molecule has 10 heteroatoms. The summed E-state index contributed by atoms with van der Waals surface area (Å²) >= 11 is 2.65. The third-order valence-corrected chi connectivity index (χ3v) is 5.71. The number of thiophene rings is 1. The minimum absolute atomic E-state index is 0.121. The quantitative estimate of drug-likeness (QED) is 0.479. The number of amides is 2. The van der Waals surface area contributed by atoms with Crippen LogP contribution in [0.5, 0.6) is 0 Å². The van der Waals surface area contributed by atoms with Gasteiger partial charge in [0.1, 0.15) is 5.75 Å². The van der Waals surface area contributed by atoms with Crippen LogP contribution in [0.15, 0.2) is 46.9 Å². The van der Waals surface area contributed by atoms with E-state index in [9.17, 15) is 14.4 Å². The maximum Gasteiger partial charge on any atom is 0.343 e. The zero-order valence-corrected chi connectivity index (χ0v) is 15.6. The summed E-state index contributed by atoms with van der Waals surface area (Å²) in [5, 5.41) is 11.2. The van der Waals surface area contributed by atoms with E-state index < -0.39 is 17.8 Å². The van der Waals surface area contributed by atoms with Crippen LogP contribution < -0.4 is 0 Å². The fraction of sp³-hybridized carbons (Fsp3) is 0.118. The average molecular weight is 400 g/mol. The van der Waals surface area contributed by atoms with E-state index in [1.807, 2.05) is 17.5 Å². The fourth-order valence-electron chi connectivity index (χ4n) is 2.56. The number of hydrogen-bond acceptors (Lipinski definition) is 8. The van der Waals surface area contributed by atoms with Crippen molar-refractivity contribution in [3.8, 4) is 10.7 Å². The van der Waals surface area contributed by atoms with Gasteiger partial charge < -0.3 is 9.40 Å². The fourth-order valence-corrected chi connectivity index (χ4v) is 3.99. The number of nitrogens with zero attached hydrogens (tertiary/aromatic N) is 4. The second-order valence-electron chi connectivity index (χ2n) is 5.54. The Morgan fingerprint density at radius 1 is 1.11 bits per heavy atom. The van der Waals surface area contributed by atoms with Gasteiger partial charge in [0.05, 0.1) is 16.0 Å². The Morgan fingerprint density at radius 3 is 2.44 bits per heavy atom. The van der Waals surface area contributed by atoms with Crippen molar-refractivity contribution in [3.05, 3.63) is 52.9 Å². The number of thioether (sulfide) groups is 1. The molecule has 1 aromatic carbocycles. The second-order valence-corrected chi connectivity index (χ2v) is 7.43. The Bertz CT molecular complexity index is 1010. The molecule has 4 rings (SSSR count). The van der Waals surface area contributed by atoms with Gasteiger partial charge in [-0.05, 0) is 23.6 Å². The maximum absolute atomic E-state index is 12.2. The molecule has 1 aliphatic heterocycles. The first-order valence-electron chi connectivity index (χ1n) is 7.81. The van der Waals surface area contributed by atoms with Gasteiger partial charge in [-0.3, -0.25) is 9.59 Å². The van der Waals surface area contributed by atoms with Crippen molar-refractivity contribution < 1.29 is 19.2 Å². The molecule has 1 aliphatic rings. The zero-order chi connectivity index (χ0) is 19.0. The molecule has 0 saturated heterocycles. The normalized spacial score (nSPS) is 13.1. The summed E-state index contributed by atoms with van der Waals surface area (Å²) in [6.45, 7) is 0. The van der Waals surface area contributed by atoms with Crippen LogP contribution in [0.25, 0.3) is 10.7 Å². The van der Waals surface area contributed by atoms with Crippen LogP contribution in [0.1, 0.15) is 20.7 Å². The number of carbonyl (C=O) groups excluding carboxylic acids is 3. The van der Waals surface area contributed by atoms with Gasteiger partial charge in [0.25, 0.3) is 11.8 Å². The molecule has 0 bridgehead atoms. The van der Waals surface area contributed by atoms with E-state index in [0.29, 0.717) is 16.0 Å². The molecular weight excluding hydrogens is 388 g/mol. The molecule has 3 aromatic rings. The molecule has 2 aromatic heterocycles. The molecule has 2 amide bonds. The van der Waals surface area contributed by atoms with Crippen molar-refractivity contribution in [3.63, 3.8) is 0 Å². The highest BCUT2D eigenvalue weighted by atomic mass is 32.2. The number of hydrogen-bond donors (Lipinski definition) is 0. The Hall–Kier alpha value is -2.98. The summed E-state index contributed by atoms with van der Waals surface area (Å²) in [7, 11) is 1.80. The molecular formula is C17H12N4O4S2. The predicted molar refractivity (Wildman–Crippen MR) is 98.1 cm³/mol. The molecule has 0 atom stereocenters. The highest BCUT2D eigenvalue weighted by molar-refractivity contribution is 7.99. The Labute approximate surface area is 161 Å². The third-order valence-electron chi connectivity index (χ3n) is 3.85. The summed E-state index contributed by atoms with van der Waals surface area (Å²) < 4.78 is 1.77. The minimum atomic E-state index is -0.727. The van der Waals surface area contributed by atoms with Crippen LogP contribution in [0.2, 0.25) is 0 Å². The topological polar surface area (TPSA) is 94.4 Å². The molecule has 0 fully saturated rings. The first-order valence-corrected chi connectivity index (χ1v) is 9.67. The average Bonchev–Trinajstić information content (AvgIpc) is 3.37. The van der Waals surface area contributed by atoms with Crippen LogP contribution >= 0.6 is 23.1 Å². The molecule has 136 valence electrons. The lowest BCUT2D eigenvalue weighted by Gasteiger charge is -2.12. The number of fused-ring (bicyclic) bond motifs is 1. The van der Waals surface area contributed by atoms with Crippen molar-refractivity contribution in [2.45, 2.75) is 5.16 Å². The number of imide groups is 1. The summed E-state index contributed by atoms with van der Waals surface area (Å²) in [6.07, 6.45) is 0. The smallest absolute Gasteiger partial charge is 0.329 e. The number of benzene rings is 1. The van der Waals surface area contributed by atoms with Gasteiger partial charge in [-0.1, -0.05) is 35.0 Å². The van der Waals surface area contributed by atoms with Gasteiger partial charge in [-0.2, -0.15) is 0 Å². The highest BCUT2D eigenvalue weighted by Gasteiger charge is 2.38. The van der Waals surface area contributed by atoms with Gasteiger partial charge in [0.2, 0.25) is 0 Å². The molecule has 0 N–H and O–H groups in total. The molecule has 0 aliphatic carbocycles. The maximum atomic E-state index is 12.2. The van der Waals surface area contributed by atoms with Crippen molar-refractivity contribution in [1.29, 1.82) is 0 Å². The van der Waals surface area contributed by atoms with Gasteiger partial charge in [-0.15, -0.1) is 21.5 Å². The Balaban J connectivity index is 1.40. The van der Waals surface area contributed by atoms with E-state index in [1.165, 1.54) is 23.5 Å².